The van der Waals surface area contributed by atoms with Crippen molar-refractivity contribution < 1.29 is 24.9 Å². The highest BCUT2D eigenvalue weighted by Crippen LogP contribution is 2.11. The Morgan fingerprint density at radius 3 is 2.33 bits per heavy atom. The van der Waals surface area contributed by atoms with Gasteiger partial charge in [0.2, 0.25) is 5.91 Å². The molecule has 6 nitrogen and oxygen atoms in total. The highest BCUT2D eigenvalue weighted by atomic mass is 16.3. The second kappa shape index (κ2) is 9.52. The minimum Gasteiger partial charge on any atom is -0.394 e. The summed E-state index contributed by atoms with van der Waals surface area (Å²) in [5.41, 5.74) is -0.157. The molecule has 1 amide bonds. The number of carbonyl (C=O) groups is 2. The van der Waals surface area contributed by atoms with E-state index >= 15 is 0 Å². The average molecular weight is 337 g/mol. The van der Waals surface area contributed by atoms with Crippen LogP contribution < -0.4 is 5.32 Å². The molecule has 6 heteroatoms. The van der Waals surface area contributed by atoms with Crippen molar-refractivity contribution in [1.29, 1.82) is 0 Å². The van der Waals surface area contributed by atoms with Gasteiger partial charge in [0.05, 0.1) is 30.8 Å². The lowest BCUT2D eigenvalue weighted by molar-refractivity contribution is -0.125. The van der Waals surface area contributed by atoms with Gasteiger partial charge in [-0.2, -0.15) is 0 Å². The van der Waals surface area contributed by atoms with Gasteiger partial charge in [0.1, 0.15) is 5.78 Å². The summed E-state index contributed by atoms with van der Waals surface area (Å²) in [4.78, 5) is 23.8. The van der Waals surface area contributed by atoms with Crippen molar-refractivity contribution >= 4 is 11.7 Å². The molecule has 0 saturated carbocycles. The fraction of sp³-hybridized carbons (Fsp3) is 0.556. The zero-order valence-corrected chi connectivity index (χ0v) is 14.2. The summed E-state index contributed by atoms with van der Waals surface area (Å²) >= 11 is 0. The van der Waals surface area contributed by atoms with E-state index in [0.717, 1.165) is 5.56 Å². The Bertz CT molecular complexity index is 524. The molecule has 0 bridgehead atoms. The normalized spacial score (nSPS) is 14.0. The molecule has 0 aromatic heterocycles. The lowest BCUT2D eigenvalue weighted by Gasteiger charge is -2.24. The number of Topliss-reactive ketones (excluding diaryl/α,β-unsaturated/α-hetero) is 1. The van der Waals surface area contributed by atoms with Crippen molar-refractivity contribution in [2.24, 2.45) is 0 Å². The van der Waals surface area contributed by atoms with E-state index in [1.54, 1.807) is 13.8 Å². The molecular formula is C18H27NO5. The maximum absolute atomic E-state index is 11.9. The summed E-state index contributed by atoms with van der Waals surface area (Å²) in [6.45, 7) is 2.86. The number of benzene rings is 1. The maximum Gasteiger partial charge on any atom is 0.222 e. The summed E-state index contributed by atoms with van der Waals surface area (Å²) in [5, 5.41) is 31.4. The van der Waals surface area contributed by atoms with E-state index in [0.29, 0.717) is 0 Å². The fourth-order valence-electron chi connectivity index (χ4n) is 2.50. The summed E-state index contributed by atoms with van der Waals surface area (Å²) < 4.78 is 0. The van der Waals surface area contributed by atoms with E-state index in [9.17, 15) is 24.9 Å². The molecule has 134 valence electrons. The van der Waals surface area contributed by atoms with E-state index in [1.165, 1.54) is 0 Å². The standard InChI is InChI=1S/C18H27NO5/c1-18(2,24)11-14(12-20)19-17(23)10-16(22)9-15(21)8-13-6-4-3-5-7-13/h3-7,14,16,20,22,24H,8-12H2,1-2H3,(H,19,23)/t14-,16+/m0/s1. The summed E-state index contributed by atoms with van der Waals surface area (Å²) in [6.07, 6.45) is -0.973. The molecular weight excluding hydrogens is 310 g/mol. The Labute approximate surface area is 142 Å². The van der Waals surface area contributed by atoms with Crippen molar-refractivity contribution in [3.05, 3.63) is 35.9 Å². The van der Waals surface area contributed by atoms with Gasteiger partial charge in [-0.1, -0.05) is 30.3 Å². The Balaban J connectivity index is 2.39. The number of amides is 1. The molecule has 2 atom stereocenters. The Morgan fingerprint density at radius 1 is 1.17 bits per heavy atom. The number of hydrogen-bond acceptors (Lipinski definition) is 5. The number of aliphatic hydroxyl groups is 3. The van der Waals surface area contributed by atoms with Gasteiger partial charge in [-0.05, 0) is 25.8 Å². The molecule has 0 unspecified atom stereocenters. The first-order chi connectivity index (χ1) is 11.2. The van der Waals surface area contributed by atoms with Crippen molar-refractivity contribution in [3.8, 4) is 0 Å². The van der Waals surface area contributed by atoms with Gasteiger partial charge in [-0.25, -0.2) is 0 Å². The fourth-order valence-corrected chi connectivity index (χ4v) is 2.50. The van der Waals surface area contributed by atoms with Gasteiger partial charge in [0.15, 0.2) is 0 Å². The summed E-state index contributed by atoms with van der Waals surface area (Å²) in [5.74, 6) is -0.602. The highest BCUT2D eigenvalue weighted by Gasteiger charge is 2.23. The molecule has 0 heterocycles. The molecule has 0 aliphatic rings. The number of ketones is 1. The quantitative estimate of drug-likeness (QED) is 0.500. The van der Waals surface area contributed by atoms with Crippen LogP contribution in [0.4, 0.5) is 0 Å². The molecule has 0 spiro atoms. The van der Waals surface area contributed by atoms with Crippen LogP contribution in [-0.4, -0.2) is 51.4 Å². The molecule has 0 radical (unpaired) electrons. The van der Waals surface area contributed by atoms with Crippen LogP contribution in [0.1, 0.15) is 38.7 Å². The zero-order valence-electron chi connectivity index (χ0n) is 14.2. The van der Waals surface area contributed by atoms with Crippen LogP contribution in [0.25, 0.3) is 0 Å². The van der Waals surface area contributed by atoms with Gasteiger partial charge >= 0.3 is 0 Å². The predicted molar refractivity (Wildman–Crippen MR) is 90.3 cm³/mol. The van der Waals surface area contributed by atoms with E-state index in [1.807, 2.05) is 30.3 Å². The first-order valence-electron chi connectivity index (χ1n) is 8.06. The zero-order chi connectivity index (χ0) is 18.2. The Hall–Kier alpha value is -1.76. The van der Waals surface area contributed by atoms with Gasteiger partial charge in [-0.15, -0.1) is 0 Å². The molecule has 24 heavy (non-hydrogen) atoms. The van der Waals surface area contributed by atoms with Crippen molar-refractivity contribution in [3.63, 3.8) is 0 Å². The van der Waals surface area contributed by atoms with Gasteiger partial charge in [0, 0.05) is 12.8 Å². The minimum atomic E-state index is -1.07. The number of nitrogens with one attached hydrogen (secondary N) is 1. The third-order valence-electron chi connectivity index (χ3n) is 3.46. The second-order valence-electron chi connectivity index (χ2n) is 6.73. The van der Waals surface area contributed by atoms with E-state index in [-0.39, 0.29) is 38.1 Å². The van der Waals surface area contributed by atoms with E-state index < -0.39 is 23.7 Å². The van der Waals surface area contributed by atoms with Crippen LogP contribution in [-0.2, 0) is 16.0 Å². The summed E-state index contributed by atoms with van der Waals surface area (Å²) in [6, 6.07) is 8.61. The van der Waals surface area contributed by atoms with Crippen molar-refractivity contribution in [1.82, 2.24) is 5.32 Å². The largest absolute Gasteiger partial charge is 0.394 e. The number of hydrogen-bond donors (Lipinski definition) is 4. The van der Waals surface area contributed by atoms with Crippen LogP contribution in [0.15, 0.2) is 30.3 Å². The molecule has 1 aromatic carbocycles. The first-order valence-corrected chi connectivity index (χ1v) is 8.06. The molecule has 4 N–H and O–H groups in total. The second-order valence-corrected chi connectivity index (χ2v) is 6.73. The smallest absolute Gasteiger partial charge is 0.222 e. The first kappa shape index (κ1) is 20.3. The van der Waals surface area contributed by atoms with Crippen LogP contribution in [0.2, 0.25) is 0 Å². The third kappa shape index (κ3) is 8.76. The Kier molecular flexibility index (Phi) is 8.04. The van der Waals surface area contributed by atoms with Gasteiger partial charge in [-0.3, -0.25) is 9.59 Å². The lowest BCUT2D eigenvalue weighted by atomic mass is 9.99. The molecule has 0 saturated heterocycles. The monoisotopic (exact) mass is 337 g/mol. The Morgan fingerprint density at radius 2 is 1.79 bits per heavy atom. The van der Waals surface area contributed by atoms with E-state index in [4.69, 9.17) is 0 Å². The number of aliphatic hydroxyl groups excluding tert-OH is 2. The molecule has 0 aliphatic heterocycles. The molecule has 1 rings (SSSR count). The average Bonchev–Trinajstić information content (AvgIpc) is 2.45. The third-order valence-corrected chi connectivity index (χ3v) is 3.46. The van der Waals surface area contributed by atoms with Gasteiger partial charge < -0.3 is 20.6 Å². The number of carbonyl (C=O) groups excluding carboxylic acids is 2. The summed E-state index contributed by atoms with van der Waals surface area (Å²) in [7, 11) is 0. The molecule has 1 aromatic rings. The predicted octanol–water partition coefficient (Wildman–Crippen LogP) is 0.577. The van der Waals surface area contributed by atoms with Crippen LogP contribution in [0.5, 0.6) is 0 Å². The SMILES string of the molecule is CC(C)(O)C[C@@H](CO)NC(=O)C[C@H](O)CC(=O)Cc1ccccc1. The topological polar surface area (TPSA) is 107 Å². The lowest BCUT2D eigenvalue weighted by Crippen LogP contribution is -2.43. The van der Waals surface area contributed by atoms with E-state index in [2.05, 4.69) is 5.32 Å². The molecule has 0 fully saturated rings. The van der Waals surface area contributed by atoms with Crippen molar-refractivity contribution in [2.75, 3.05) is 6.61 Å². The highest BCUT2D eigenvalue weighted by molar-refractivity contribution is 5.83. The van der Waals surface area contributed by atoms with Crippen molar-refractivity contribution in [2.45, 2.75) is 57.3 Å². The van der Waals surface area contributed by atoms with Crippen LogP contribution in [0, 0.1) is 0 Å². The maximum atomic E-state index is 11.9. The van der Waals surface area contributed by atoms with Crippen LogP contribution in [0.3, 0.4) is 0 Å². The molecule has 0 aliphatic carbocycles. The van der Waals surface area contributed by atoms with Gasteiger partial charge in [0.25, 0.3) is 0 Å². The number of rotatable bonds is 10. The van der Waals surface area contributed by atoms with Crippen LogP contribution >= 0.6 is 0 Å². The minimum absolute atomic E-state index is 0.0996.